The van der Waals surface area contributed by atoms with E-state index in [4.69, 9.17) is 0 Å². The van der Waals surface area contributed by atoms with Crippen molar-refractivity contribution in [3.8, 4) is 0 Å². The van der Waals surface area contributed by atoms with E-state index in [-0.39, 0.29) is 12.1 Å². The maximum absolute atomic E-state index is 11.4. The standard InChI is InChI=1S/C9H21N3O/c1-5-11-8(9(13)10-4)12(6-2)7-3/h8,11H,5-7H2,1-4H3,(H,10,13). The fourth-order valence-corrected chi connectivity index (χ4v) is 1.31. The van der Waals surface area contributed by atoms with Gasteiger partial charge < -0.3 is 5.32 Å². The van der Waals surface area contributed by atoms with Gasteiger partial charge in [-0.2, -0.15) is 0 Å². The molecule has 0 rings (SSSR count). The van der Waals surface area contributed by atoms with Crippen molar-refractivity contribution in [1.29, 1.82) is 0 Å². The number of hydrogen-bond donors (Lipinski definition) is 2. The SMILES string of the molecule is CCNC(C(=O)NC)N(CC)CC. The zero-order chi connectivity index (χ0) is 10.3. The van der Waals surface area contributed by atoms with Gasteiger partial charge in [0.05, 0.1) is 0 Å². The summed E-state index contributed by atoms with van der Waals surface area (Å²) in [6.45, 7) is 8.66. The molecule has 4 heteroatoms. The fourth-order valence-electron chi connectivity index (χ4n) is 1.31. The van der Waals surface area contributed by atoms with E-state index in [1.165, 1.54) is 0 Å². The molecule has 0 aromatic rings. The molecule has 4 nitrogen and oxygen atoms in total. The van der Waals surface area contributed by atoms with E-state index in [1.807, 2.05) is 6.92 Å². The zero-order valence-electron chi connectivity index (χ0n) is 9.05. The van der Waals surface area contributed by atoms with Crippen molar-refractivity contribution in [3.05, 3.63) is 0 Å². The van der Waals surface area contributed by atoms with Crippen molar-refractivity contribution >= 4 is 5.91 Å². The molecular formula is C9H21N3O. The van der Waals surface area contributed by atoms with Crippen LogP contribution in [0.4, 0.5) is 0 Å². The smallest absolute Gasteiger partial charge is 0.251 e. The number of carbonyl (C=O) groups excluding carboxylic acids is 1. The van der Waals surface area contributed by atoms with Gasteiger partial charge in [-0.3, -0.25) is 15.0 Å². The lowest BCUT2D eigenvalue weighted by molar-refractivity contribution is -0.127. The summed E-state index contributed by atoms with van der Waals surface area (Å²) in [6.07, 6.45) is -0.190. The third-order valence-electron chi connectivity index (χ3n) is 2.07. The minimum Gasteiger partial charge on any atom is -0.357 e. The maximum Gasteiger partial charge on any atom is 0.251 e. The topological polar surface area (TPSA) is 44.4 Å². The number of nitrogens with zero attached hydrogens (tertiary/aromatic N) is 1. The molecule has 0 aliphatic carbocycles. The average molecular weight is 187 g/mol. The Balaban J connectivity index is 4.28. The van der Waals surface area contributed by atoms with Crippen molar-refractivity contribution in [2.45, 2.75) is 26.9 Å². The Morgan fingerprint density at radius 2 is 1.85 bits per heavy atom. The maximum atomic E-state index is 11.4. The van der Waals surface area contributed by atoms with E-state index in [2.05, 4.69) is 29.4 Å². The van der Waals surface area contributed by atoms with Crippen LogP contribution in [0.25, 0.3) is 0 Å². The first-order valence-corrected chi connectivity index (χ1v) is 4.90. The number of likely N-dealkylation sites (N-methyl/N-ethyl adjacent to an activating group) is 3. The third-order valence-corrected chi connectivity index (χ3v) is 2.07. The molecule has 0 heterocycles. The molecule has 1 atom stereocenters. The van der Waals surface area contributed by atoms with Crippen LogP contribution in [0.15, 0.2) is 0 Å². The number of amides is 1. The van der Waals surface area contributed by atoms with Crippen LogP contribution >= 0.6 is 0 Å². The van der Waals surface area contributed by atoms with Crippen LogP contribution in [-0.2, 0) is 4.79 Å². The quantitative estimate of drug-likeness (QED) is 0.576. The molecule has 0 saturated carbocycles. The fraction of sp³-hybridized carbons (Fsp3) is 0.889. The van der Waals surface area contributed by atoms with Crippen LogP contribution in [0, 0.1) is 0 Å². The van der Waals surface area contributed by atoms with Crippen molar-refractivity contribution in [3.63, 3.8) is 0 Å². The minimum absolute atomic E-state index is 0.0329. The van der Waals surface area contributed by atoms with E-state index in [0.717, 1.165) is 19.6 Å². The summed E-state index contributed by atoms with van der Waals surface area (Å²) in [4.78, 5) is 13.5. The predicted molar refractivity (Wildman–Crippen MR) is 54.5 cm³/mol. The molecule has 0 radical (unpaired) electrons. The second-order valence-corrected chi connectivity index (χ2v) is 2.80. The Kier molecular flexibility index (Phi) is 6.54. The highest BCUT2D eigenvalue weighted by atomic mass is 16.2. The van der Waals surface area contributed by atoms with Crippen molar-refractivity contribution in [2.24, 2.45) is 0 Å². The monoisotopic (exact) mass is 187 g/mol. The molecule has 0 fully saturated rings. The minimum atomic E-state index is -0.190. The van der Waals surface area contributed by atoms with Gasteiger partial charge in [-0.25, -0.2) is 0 Å². The molecule has 2 N–H and O–H groups in total. The van der Waals surface area contributed by atoms with Crippen LogP contribution in [0.2, 0.25) is 0 Å². The summed E-state index contributed by atoms with van der Waals surface area (Å²) >= 11 is 0. The number of rotatable bonds is 6. The summed E-state index contributed by atoms with van der Waals surface area (Å²) in [5, 5.41) is 5.81. The Hall–Kier alpha value is -0.610. The van der Waals surface area contributed by atoms with Gasteiger partial charge in [0, 0.05) is 7.05 Å². The Morgan fingerprint density at radius 1 is 1.31 bits per heavy atom. The predicted octanol–water partition coefficient (Wildman–Crippen LogP) is 0.00980. The summed E-state index contributed by atoms with van der Waals surface area (Å²) in [5.74, 6) is 0.0329. The lowest BCUT2D eigenvalue weighted by atomic mass is 10.3. The van der Waals surface area contributed by atoms with Gasteiger partial charge in [-0.05, 0) is 19.6 Å². The van der Waals surface area contributed by atoms with Crippen molar-refractivity contribution in [2.75, 3.05) is 26.7 Å². The first-order chi connectivity index (χ1) is 6.21. The first-order valence-electron chi connectivity index (χ1n) is 4.90. The summed E-state index contributed by atoms with van der Waals surface area (Å²) in [5.41, 5.74) is 0. The highest BCUT2D eigenvalue weighted by Gasteiger charge is 2.20. The second kappa shape index (κ2) is 6.86. The van der Waals surface area contributed by atoms with E-state index in [0.29, 0.717) is 0 Å². The summed E-state index contributed by atoms with van der Waals surface area (Å²) in [6, 6.07) is 0. The molecule has 1 amide bonds. The molecule has 0 bridgehead atoms. The van der Waals surface area contributed by atoms with Gasteiger partial charge in [0.15, 0.2) is 0 Å². The average Bonchev–Trinajstić information content (AvgIpc) is 2.17. The largest absolute Gasteiger partial charge is 0.357 e. The van der Waals surface area contributed by atoms with E-state index >= 15 is 0 Å². The number of hydrogen-bond acceptors (Lipinski definition) is 3. The summed E-state index contributed by atoms with van der Waals surface area (Å²) in [7, 11) is 1.66. The van der Waals surface area contributed by atoms with Crippen LogP contribution in [0.3, 0.4) is 0 Å². The van der Waals surface area contributed by atoms with Gasteiger partial charge in [0.2, 0.25) is 0 Å². The zero-order valence-corrected chi connectivity index (χ0v) is 9.05. The van der Waals surface area contributed by atoms with Crippen LogP contribution in [0.5, 0.6) is 0 Å². The van der Waals surface area contributed by atoms with Gasteiger partial charge in [0.25, 0.3) is 5.91 Å². The Bertz CT molecular complexity index is 146. The summed E-state index contributed by atoms with van der Waals surface area (Å²) < 4.78 is 0. The molecule has 0 aromatic carbocycles. The third kappa shape index (κ3) is 3.74. The van der Waals surface area contributed by atoms with Gasteiger partial charge >= 0.3 is 0 Å². The molecule has 0 aromatic heterocycles. The number of nitrogens with one attached hydrogen (secondary N) is 2. The van der Waals surface area contributed by atoms with Crippen LogP contribution in [0.1, 0.15) is 20.8 Å². The van der Waals surface area contributed by atoms with E-state index in [9.17, 15) is 4.79 Å². The molecule has 13 heavy (non-hydrogen) atoms. The number of carbonyl (C=O) groups is 1. The van der Waals surface area contributed by atoms with E-state index < -0.39 is 0 Å². The Morgan fingerprint density at radius 3 is 2.15 bits per heavy atom. The lowest BCUT2D eigenvalue weighted by Crippen LogP contribution is -2.54. The second-order valence-electron chi connectivity index (χ2n) is 2.80. The van der Waals surface area contributed by atoms with Gasteiger partial charge in [0.1, 0.15) is 6.17 Å². The van der Waals surface area contributed by atoms with E-state index in [1.54, 1.807) is 7.05 Å². The van der Waals surface area contributed by atoms with Crippen molar-refractivity contribution < 1.29 is 4.79 Å². The molecule has 0 saturated heterocycles. The van der Waals surface area contributed by atoms with Gasteiger partial charge in [-0.1, -0.05) is 20.8 Å². The van der Waals surface area contributed by atoms with Crippen LogP contribution < -0.4 is 10.6 Å². The highest BCUT2D eigenvalue weighted by Crippen LogP contribution is 1.95. The molecule has 0 spiro atoms. The molecular weight excluding hydrogens is 166 g/mol. The van der Waals surface area contributed by atoms with Crippen LogP contribution in [-0.4, -0.2) is 43.7 Å². The molecule has 0 aliphatic rings. The Labute approximate surface area is 80.7 Å². The highest BCUT2D eigenvalue weighted by molar-refractivity contribution is 5.80. The van der Waals surface area contributed by atoms with Crippen molar-refractivity contribution in [1.82, 2.24) is 15.5 Å². The normalized spacial score (nSPS) is 13.0. The molecule has 1 unspecified atom stereocenters. The first kappa shape index (κ1) is 12.4. The lowest BCUT2D eigenvalue weighted by Gasteiger charge is -2.28. The molecule has 0 aliphatic heterocycles. The van der Waals surface area contributed by atoms with Gasteiger partial charge in [-0.15, -0.1) is 0 Å². The molecule has 78 valence electrons.